The van der Waals surface area contributed by atoms with E-state index in [9.17, 15) is 0 Å². The van der Waals surface area contributed by atoms with E-state index in [0.29, 0.717) is 17.5 Å². The van der Waals surface area contributed by atoms with Gasteiger partial charge < -0.3 is 4.90 Å². The fourth-order valence-corrected chi connectivity index (χ4v) is 7.98. The Labute approximate surface area is 291 Å². The van der Waals surface area contributed by atoms with Crippen LogP contribution in [0.15, 0.2) is 152 Å². The van der Waals surface area contributed by atoms with Crippen LogP contribution in [-0.2, 0) is 0 Å². The number of benzene rings is 7. The summed E-state index contributed by atoms with van der Waals surface area (Å²) in [5.41, 5.74) is 15.4. The molecule has 0 N–H and O–H groups in total. The van der Waals surface area contributed by atoms with Crippen LogP contribution >= 0.6 is 0 Å². The molecule has 3 heterocycles. The van der Waals surface area contributed by atoms with E-state index in [1.165, 1.54) is 44.3 Å². The van der Waals surface area contributed by atoms with Crippen molar-refractivity contribution in [3.05, 3.63) is 163 Å². The van der Waals surface area contributed by atoms with Gasteiger partial charge in [-0.25, -0.2) is 15.0 Å². The predicted molar refractivity (Wildman–Crippen MR) is 208 cm³/mol. The zero-order valence-corrected chi connectivity index (χ0v) is 27.8. The normalized spacial score (nSPS) is 12.5. The second-order valence-corrected chi connectivity index (χ2v) is 13.4. The monoisotopic (exact) mass is 638 g/mol. The smallest absolute Gasteiger partial charge is 0.248 e. The lowest BCUT2D eigenvalue weighted by atomic mass is 9.37. The number of nitrogens with zero attached hydrogens (tertiary/aromatic N) is 4. The Morgan fingerprint density at radius 3 is 2.04 bits per heavy atom. The fraction of sp³-hybridized carbons (Fsp3) is 0.0444. The van der Waals surface area contributed by atoms with Gasteiger partial charge in [0, 0.05) is 33.8 Å². The molecule has 0 bridgehead atoms. The first-order valence-electron chi connectivity index (χ1n) is 17.2. The predicted octanol–water partition coefficient (Wildman–Crippen LogP) is 8.92. The summed E-state index contributed by atoms with van der Waals surface area (Å²) < 4.78 is 0. The van der Waals surface area contributed by atoms with Crippen molar-refractivity contribution in [2.45, 2.75) is 13.8 Å². The Bertz CT molecular complexity index is 2640. The molecule has 4 nitrogen and oxygen atoms in total. The molecule has 0 saturated carbocycles. The van der Waals surface area contributed by atoms with E-state index < -0.39 is 0 Å². The van der Waals surface area contributed by atoms with Crippen LogP contribution < -0.4 is 21.3 Å². The third kappa shape index (κ3) is 4.44. The molecule has 0 saturated heterocycles. The van der Waals surface area contributed by atoms with Crippen molar-refractivity contribution in [3.63, 3.8) is 0 Å². The Balaban J connectivity index is 1.27. The fourth-order valence-electron chi connectivity index (χ4n) is 7.98. The van der Waals surface area contributed by atoms with Crippen molar-refractivity contribution >= 4 is 50.9 Å². The van der Waals surface area contributed by atoms with E-state index in [2.05, 4.69) is 152 Å². The molecule has 0 fully saturated rings. The molecule has 2 aliphatic rings. The van der Waals surface area contributed by atoms with Crippen LogP contribution in [0.25, 0.3) is 56.1 Å². The first-order valence-corrected chi connectivity index (χ1v) is 17.2. The summed E-state index contributed by atoms with van der Waals surface area (Å²) in [5, 5.41) is 2.27. The molecule has 0 spiro atoms. The van der Waals surface area contributed by atoms with Crippen LogP contribution in [0, 0.1) is 13.8 Å². The van der Waals surface area contributed by atoms with Gasteiger partial charge in [0.15, 0.2) is 17.5 Å². The lowest BCUT2D eigenvalue weighted by molar-refractivity contribution is 1.08. The number of fused-ring (bicyclic) bond motifs is 6. The maximum absolute atomic E-state index is 5.27. The average molecular weight is 639 g/mol. The molecule has 1 aromatic heterocycles. The van der Waals surface area contributed by atoms with Crippen LogP contribution in [0.3, 0.4) is 0 Å². The highest BCUT2D eigenvalue weighted by atomic mass is 15.2. The number of anilines is 3. The molecule has 0 unspecified atom stereocenters. The van der Waals surface area contributed by atoms with Gasteiger partial charge in [-0.3, -0.25) is 0 Å². The highest BCUT2D eigenvalue weighted by molar-refractivity contribution is 7.01. The minimum absolute atomic E-state index is 0.145. The number of aromatic nitrogens is 3. The molecule has 10 rings (SSSR count). The average Bonchev–Trinajstić information content (AvgIpc) is 3.49. The summed E-state index contributed by atoms with van der Waals surface area (Å²) in [5.74, 6) is 1.97. The first-order chi connectivity index (χ1) is 24.6. The number of rotatable bonds is 4. The van der Waals surface area contributed by atoms with Crippen LogP contribution in [0.4, 0.5) is 17.1 Å². The molecule has 2 aliphatic heterocycles. The summed E-state index contributed by atoms with van der Waals surface area (Å²) in [6.45, 7) is 4.49. The van der Waals surface area contributed by atoms with Crippen molar-refractivity contribution < 1.29 is 0 Å². The molecular formula is C45H31BN4. The maximum atomic E-state index is 5.27. The van der Waals surface area contributed by atoms with E-state index >= 15 is 0 Å². The van der Waals surface area contributed by atoms with E-state index in [-0.39, 0.29) is 6.71 Å². The molecule has 7 aromatic carbocycles. The second-order valence-electron chi connectivity index (χ2n) is 13.4. The van der Waals surface area contributed by atoms with Crippen LogP contribution in [0.2, 0.25) is 0 Å². The molecule has 8 aromatic rings. The molecule has 0 amide bonds. The molecular weight excluding hydrogens is 607 g/mol. The Hall–Kier alpha value is -6.33. The van der Waals surface area contributed by atoms with E-state index in [1.54, 1.807) is 0 Å². The van der Waals surface area contributed by atoms with Gasteiger partial charge in [0.1, 0.15) is 0 Å². The number of aryl methyl sites for hydroxylation is 2. The van der Waals surface area contributed by atoms with Gasteiger partial charge in [0.05, 0.1) is 0 Å². The summed E-state index contributed by atoms with van der Waals surface area (Å²) in [6.07, 6.45) is 0. The van der Waals surface area contributed by atoms with Crippen LogP contribution in [-0.4, -0.2) is 21.7 Å². The third-order valence-corrected chi connectivity index (χ3v) is 10.2. The standard InChI is InChI=1S/C45H31BN4/c1-28-12-10-17-33(24-28)50-40-25-29(2)22-23-39(40)46-38-21-9-8-19-35(38)37-26-32(27-41(50)42(37)46)44-47-43(31-14-4-3-5-15-31)48-45(49-44)36-20-11-16-30-13-6-7-18-34(30)36/h3-27H,1-2H3. The van der Waals surface area contributed by atoms with E-state index in [1.807, 2.05) is 18.2 Å². The van der Waals surface area contributed by atoms with Gasteiger partial charge in [0.25, 0.3) is 0 Å². The number of hydrogen-bond donors (Lipinski definition) is 0. The molecule has 0 radical (unpaired) electrons. The maximum Gasteiger partial charge on any atom is 0.248 e. The Morgan fingerprint density at radius 2 is 1.16 bits per heavy atom. The minimum atomic E-state index is 0.145. The molecule has 234 valence electrons. The summed E-state index contributed by atoms with van der Waals surface area (Å²) in [7, 11) is 0. The first kappa shape index (κ1) is 28.7. The van der Waals surface area contributed by atoms with Crippen LogP contribution in [0.5, 0.6) is 0 Å². The lowest BCUT2D eigenvalue weighted by Crippen LogP contribution is -2.54. The summed E-state index contributed by atoms with van der Waals surface area (Å²) in [6, 6.07) is 54.2. The van der Waals surface area contributed by atoms with Crippen molar-refractivity contribution in [3.8, 4) is 45.3 Å². The SMILES string of the molecule is Cc1cccc(N2c3cc(C)ccc3B3c4ccccc4-c4cc(-c5nc(-c6ccccc6)nc(-c6cccc7ccccc67)n5)cc2c43)c1. The zero-order chi connectivity index (χ0) is 33.3. The lowest BCUT2D eigenvalue weighted by Gasteiger charge is -2.36. The van der Waals surface area contributed by atoms with Crippen LogP contribution in [0.1, 0.15) is 11.1 Å². The Kier molecular flexibility index (Phi) is 6.37. The van der Waals surface area contributed by atoms with Gasteiger partial charge in [-0.15, -0.1) is 0 Å². The van der Waals surface area contributed by atoms with Gasteiger partial charge in [-0.05, 0) is 88.1 Å². The largest absolute Gasteiger partial charge is 0.311 e. The molecule has 0 atom stereocenters. The van der Waals surface area contributed by atoms with Crippen molar-refractivity contribution in [1.29, 1.82) is 0 Å². The van der Waals surface area contributed by atoms with Crippen molar-refractivity contribution in [2.75, 3.05) is 4.90 Å². The summed E-state index contributed by atoms with van der Waals surface area (Å²) >= 11 is 0. The summed E-state index contributed by atoms with van der Waals surface area (Å²) in [4.78, 5) is 18.0. The topological polar surface area (TPSA) is 41.9 Å². The van der Waals surface area contributed by atoms with Crippen molar-refractivity contribution in [1.82, 2.24) is 15.0 Å². The molecule has 50 heavy (non-hydrogen) atoms. The van der Waals surface area contributed by atoms with Gasteiger partial charge in [0.2, 0.25) is 6.71 Å². The van der Waals surface area contributed by atoms with Gasteiger partial charge >= 0.3 is 0 Å². The van der Waals surface area contributed by atoms with Gasteiger partial charge in [-0.2, -0.15) is 0 Å². The Morgan fingerprint density at radius 1 is 0.460 bits per heavy atom. The quantitative estimate of drug-likeness (QED) is 0.181. The highest BCUT2D eigenvalue weighted by Gasteiger charge is 2.42. The second kappa shape index (κ2) is 11.1. The van der Waals surface area contributed by atoms with Gasteiger partial charge in [-0.1, -0.05) is 127 Å². The molecule has 5 heteroatoms. The minimum Gasteiger partial charge on any atom is -0.311 e. The molecule has 0 aliphatic carbocycles. The third-order valence-electron chi connectivity index (χ3n) is 10.2. The van der Waals surface area contributed by atoms with E-state index in [0.717, 1.165) is 38.8 Å². The zero-order valence-electron chi connectivity index (χ0n) is 27.8. The highest BCUT2D eigenvalue weighted by Crippen LogP contribution is 2.43. The van der Waals surface area contributed by atoms with E-state index in [4.69, 9.17) is 15.0 Å². The number of hydrogen-bond acceptors (Lipinski definition) is 4. The van der Waals surface area contributed by atoms with Crippen molar-refractivity contribution in [2.24, 2.45) is 0 Å².